The van der Waals surface area contributed by atoms with Gasteiger partial charge < -0.3 is 5.73 Å². The summed E-state index contributed by atoms with van der Waals surface area (Å²) in [6.07, 6.45) is 7.90. The number of nitrogens with two attached hydrogens (primary N) is 1. The number of rotatable bonds is 4. The molecule has 3 aromatic heterocycles. The summed E-state index contributed by atoms with van der Waals surface area (Å²) in [4.78, 5) is 6.55. The molecule has 30 heavy (non-hydrogen) atoms. The maximum Gasteiger partial charge on any atom is 0.123 e. The number of fused-ring (bicyclic) bond motifs is 1. The minimum absolute atomic E-state index is 0.255. The molecule has 5 rings (SSSR count). The Morgan fingerprint density at radius 3 is 2.57 bits per heavy atom. The summed E-state index contributed by atoms with van der Waals surface area (Å²) in [5, 5.41) is 4.89. The number of aromatic nitrogens is 3. The molecule has 5 nitrogen and oxygen atoms in total. The molecule has 152 valence electrons. The molecule has 1 fully saturated rings. The average Bonchev–Trinajstić information content (AvgIpc) is 3.13. The van der Waals surface area contributed by atoms with Crippen LogP contribution in [-0.2, 0) is 6.54 Å². The van der Waals surface area contributed by atoms with E-state index in [-0.39, 0.29) is 11.9 Å². The van der Waals surface area contributed by atoms with E-state index < -0.39 is 0 Å². The van der Waals surface area contributed by atoms with Crippen LogP contribution in [0.2, 0.25) is 0 Å². The van der Waals surface area contributed by atoms with Crippen LogP contribution in [0.3, 0.4) is 0 Å². The molecular weight excluding hydrogens is 377 g/mol. The van der Waals surface area contributed by atoms with Crippen molar-refractivity contribution in [2.75, 3.05) is 13.1 Å². The Morgan fingerprint density at radius 2 is 1.80 bits per heavy atom. The maximum atomic E-state index is 13.5. The van der Waals surface area contributed by atoms with Crippen molar-refractivity contribution in [2.45, 2.75) is 25.4 Å². The van der Waals surface area contributed by atoms with Gasteiger partial charge in [-0.1, -0.05) is 6.07 Å². The summed E-state index contributed by atoms with van der Waals surface area (Å²) in [6.45, 7) is 2.87. The second-order valence-electron chi connectivity index (χ2n) is 7.97. The number of hydrogen-bond acceptors (Lipinski definition) is 4. The van der Waals surface area contributed by atoms with Gasteiger partial charge in [0.15, 0.2) is 0 Å². The molecule has 0 bridgehead atoms. The molecule has 6 heteroatoms. The van der Waals surface area contributed by atoms with E-state index in [1.165, 1.54) is 17.7 Å². The van der Waals surface area contributed by atoms with Crippen LogP contribution in [0.25, 0.3) is 27.9 Å². The molecule has 0 unspecified atom stereocenters. The smallest absolute Gasteiger partial charge is 0.123 e. The van der Waals surface area contributed by atoms with E-state index in [0.717, 1.165) is 60.4 Å². The van der Waals surface area contributed by atoms with Gasteiger partial charge in [-0.15, -0.1) is 0 Å². The Labute approximate surface area is 175 Å². The summed E-state index contributed by atoms with van der Waals surface area (Å²) in [5.41, 5.74) is 12.1. The number of hydrogen-bond donors (Lipinski definition) is 1. The first kappa shape index (κ1) is 18.9. The third kappa shape index (κ3) is 3.72. The lowest BCUT2D eigenvalue weighted by Crippen LogP contribution is -2.42. The van der Waals surface area contributed by atoms with E-state index in [0.29, 0.717) is 0 Å². The number of piperidine rings is 1. The predicted octanol–water partition coefficient (Wildman–Crippen LogP) is 4.13. The number of likely N-dealkylation sites (tertiary alicyclic amines) is 1. The lowest BCUT2D eigenvalue weighted by atomic mass is 10.0. The minimum Gasteiger partial charge on any atom is -0.327 e. The van der Waals surface area contributed by atoms with Crippen molar-refractivity contribution in [3.05, 3.63) is 78.5 Å². The Morgan fingerprint density at radius 1 is 1.00 bits per heavy atom. The van der Waals surface area contributed by atoms with Crippen LogP contribution in [0, 0.1) is 5.82 Å². The Kier molecular flexibility index (Phi) is 5.02. The van der Waals surface area contributed by atoms with Crippen molar-refractivity contribution < 1.29 is 4.39 Å². The highest BCUT2D eigenvalue weighted by Crippen LogP contribution is 2.35. The molecule has 0 spiro atoms. The average molecular weight is 401 g/mol. The largest absolute Gasteiger partial charge is 0.327 e. The lowest BCUT2D eigenvalue weighted by Gasteiger charge is -2.30. The van der Waals surface area contributed by atoms with E-state index in [1.54, 1.807) is 24.5 Å². The molecule has 0 amide bonds. The third-order valence-electron chi connectivity index (χ3n) is 5.73. The van der Waals surface area contributed by atoms with Crippen LogP contribution in [0.15, 0.2) is 67.1 Å². The van der Waals surface area contributed by atoms with E-state index in [4.69, 9.17) is 10.8 Å². The van der Waals surface area contributed by atoms with Crippen LogP contribution in [0.5, 0.6) is 0 Å². The van der Waals surface area contributed by atoms with Gasteiger partial charge in [0.05, 0.1) is 5.52 Å². The normalized spacial score (nSPS) is 17.5. The lowest BCUT2D eigenvalue weighted by molar-refractivity contribution is 0.201. The van der Waals surface area contributed by atoms with Gasteiger partial charge in [-0.2, -0.15) is 5.10 Å². The van der Waals surface area contributed by atoms with Crippen molar-refractivity contribution in [1.82, 2.24) is 19.5 Å². The zero-order valence-corrected chi connectivity index (χ0v) is 16.7. The van der Waals surface area contributed by atoms with E-state index >= 15 is 0 Å². The first-order chi connectivity index (χ1) is 14.7. The van der Waals surface area contributed by atoms with Gasteiger partial charge in [0.1, 0.15) is 11.5 Å². The van der Waals surface area contributed by atoms with Gasteiger partial charge in [-0.25, -0.2) is 8.91 Å². The van der Waals surface area contributed by atoms with E-state index in [2.05, 4.69) is 28.2 Å². The van der Waals surface area contributed by atoms with Crippen LogP contribution >= 0.6 is 0 Å². The van der Waals surface area contributed by atoms with E-state index in [9.17, 15) is 4.39 Å². The van der Waals surface area contributed by atoms with Gasteiger partial charge >= 0.3 is 0 Å². The fourth-order valence-electron chi connectivity index (χ4n) is 4.29. The zero-order chi connectivity index (χ0) is 20.5. The van der Waals surface area contributed by atoms with Gasteiger partial charge in [-0.05, 0) is 73.0 Å². The second kappa shape index (κ2) is 7.97. The third-order valence-corrected chi connectivity index (χ3v) is 5.73. The highest BCUT2D eigenvalue weighted by molar-refractivity contribution is 5.92. The Balaban J connectivity index is 1.58. The number of benzene rings is 1. The van der Waals surface area contributed by atoms with Gasteiger partial charge in [-0.3, -0.25) is 9.88 Å². The molecule has 1 aromatic carbocycles. The summed E-state index contributed by atoms with van der Waals surface area (Å²) in [7, 11) is 0. The SMILES string of the molecule is N[C@H]1CCCN(Cc2ccc3c(-c4ccncc4)c(-c4ccc(F)cc4)nn3c2)C1. The summed E-state index contributed by atoms with van der Waals surface area (Å²) in [5.74, 6) is -0.255. The molecule has 2 N–H and O–H groups in total. The van der Waals surface area contributed by atoms with Gasteiger partial charge in [0.2, 0.25) is 0 Å². The first-order valence-corrected chi connectivity index (χ1v) is 10.3. The number of nitrogens with zero attached hydrogens (tertiary/aromatic N) is 4. The highest BCUT2D eigenvalue weighted by atomic mass is 19.1. The van der Waals surface area contributed by atoms with Crippen molar-refractivity contribution in [1.29, 1.82) is 0 Å². The van der Waals surface area contributed by atoms with Crippen LogP contribution in [-0.4, -0.2) is 38.6 Å². The van der Waals surface area contributed by atoms with Gasteiger partial charge in [0.25, 0.3) is 0 Å². The minimum atomic E-state index is -0.255. The molecule has 1 aliphatic heterocycles. The number of halogens is 1. The standard InChI is InChI=1S/C24H24FN5/c25-20-6-4-19(5-7-20)24-23(18-9-11-27-12-10-18)22-8-3-17(15-30(22)28-24)14-29-13-1-2-21(26)16-29/h3-12,15,21H,1-2,13-14,16,26H2/t21-/m0/s1. The topological polar surface area (TPSA) is 59.5 Å². The summed E-state index contributed by atoms with van der Waals surface area (Å²) in [6, 6.07) is 15.0. The van der Waals surface area contributed by atoms with Crippen molar-refractivity contribution in [3.63, 3.8) is 0 Å². The fourth-order valence-corrected chi connectivity index (χ4v) is 4.29. The molecule has 1 aliphatic rings. The quantitative estimate of drug-likeness (QED) is 0.559. The first-order valence-electron chi connectivity index (χ1n) is 10.3. The fraction of sp³-hybridized carbons (Fsp3) is 0.250. The predicted molar refractivity (Wildman–Crippen MR) is 116 cm³/mol. The maximum absolute atomic E-state index is 13.5. The molecule has 0 saturated carbocycles. The molecule has 4 heterocycles. The summed E-state index contributed by atoms with van der Waals surface area (Å²) < 4.78 is 15.4. The van der Waals surface area contributed by atoms with Crippen molar-refractivity contribution in [3.8, 4) is 22.4 Å². The Bertz CT molecular complexity index is 1150. The van der Waals surface area contributed by atoms with Gasteiger partial charge in [0, 0.05) is 48.8 Å². The monoisotopic (exact) mass is 401 g/mol. The molecule has 0 radical (unpaired) electrons. The van der Waals surface area contributed by atoms with Crippen LogP contribution < -0.4 is 5.73 Å². The van der Waals surface area contributed by atoms with E-state index in [1.807, 2.05) is 16.6 Å². The van der Waals surface area contributed by atoms with Crippen LogP contribution in [0.1, 0.15) is 18.4 Å². The molecule has 1 atom stereocenters. The molecular formula is C24H24FN5. The number of pyridine rings is 2. The second-order valence-corrected chi connectivity index (χ2v) is 7.97. The molecule has 4 aromatic rings. The van der Waals surface area contributed by atoms with Crippen molar-refractivity contribution in [2.24, 2.45) is 5.73 Å². The molecule has 0 aliphatic carbocycles. The van der Waals surface area contributed by atoms with Crippen molar-refractivity contribution >= 4 is 5.52 Å². The molecule has 1 saturated heterocycles. The zero-order valence-electron chi connectivity index (χ0n) is 16.7. The summed E-state index contributed by atoms with van der Waals surface area (Å²) >= 11 is 0. The highest BCUT2D eigenvalue weighted by Gasteiger charge is 2.19. The Hall–Kier alpha value is -3.09. The van der Waals surface area contributed by atoms with Crippen LogP contribution in [0.4, 0.5) is 4.39 Å².